The second-order valence-corrected chi connectivity index (χ2v) is 16.0. The van der Waals surface area contributed by atoms with E-state index >= 15 is 0 Å². The molecule has 0 aliphatic rings. The number of nitrogens with zero attached hydrogens (tertiary/aromatic N) is 2. The van der Waals surface area contributed by atoms with Gasteiger partial charge in [-0.1, -0.05) is 78.0 Å². The van der Waals surface area contributed by atoms with Gasteiger partial charge in [0, 0.05) is 23.6 Å². The normalized spacial score (nSPS) is 11.2. The molecule has 9 heteroatoms. The first-order valence-electron chi connectivity index (χ1n) is 16.6. The fraction of sp³-hybridized carbons (Fsp3) is 0.286. The number of rotatable bonds is 12. The molecule has 0 fully saturated rings. The molecule has 0 atom stereocenters. The first-order chi connectivity index (χ1) is 24.2. The molecular weight excluding hydrogens is 715 g/mol. The average Bonchev–Trinajstić information content (AvgIpc) is 3.08. The van der Waals surface area contributed by atoms with E-state index in [2.05, 4.69) is 64.7 Å². The molecule has 0 amide bonds. The van der Waals surface area contributed by atoms with Crippen molar-refractivity contribution in [3.05, 3.63) is 132 Å². The van der Waals surface area contributed by atoms with Crippen LogP contribution in [0, 0.1) is 0 Å². The fourth-order valence-corrected chi connectivity index (χ4v) is 4.61. The van der Waals surface area contributed by atoms with Gasteiger partial charge in [-0.2, -0.15) is 0 Å². The SMILES string of the molecule is C=CCCOc1ccc(N=Cc2cccc(C(C)(C)C)c2O)cc1.C=CCCOc1ccc(N=Cc2cccc(C(C)(C)C)c2O)cc1.[Cl][Ti][Cl]. The summed E-state index contributed by atoms with van der Waals surface area (Å²) >= 11 is -0.556. The zero-order valence-electron chi connectivity index (χ0n) is 30.5. The van der Waals surface area contributed by atoms with Crippen molar-refractivity contribution in [2.24, 2.45) is 9.98 Å². The van der Waals surface area contributed by atoms with Crippen LogP contribution in [0.15, 0.2) is 120 Å². The van der Waals surface area contributed by atoms with E-state index in [4.69, 9.17) is 28.1 Å². The number of para-hydroxylation sites is 2. The Morgan fingerprint density at radius 3 is 1.24 bits per heavy atom. The van der Waals surface area contributed by atoms with Gasteiger partial charge in [-0.3, -0.25) is 9.98 Å². The van der Waals surface area contributed by atoms with Crippen molar-refractivity contribution in [1.29, 1.82) is 0 Å². The molecule has 4 rings (SSSR count). The Morgan fingerprint density at radius 1 is 0.608 bits per heavy atom. The summed E-state index contributed by atoms with van der Waals surface area (Å²) in [5, 5.41) is 20.9. The van der Waals surface area contributed by atoms with Crippen molar-refractivity contribution in [2.75, 3.05) is 13.2 Å². The molecule has 0 unspecified atom stereocenters. The number of aliphatic imine (C=N–C) groups is 2. The van der Waals surface area contributed by atoms with E-state index in [0.717, 1.165) is 46.8 Å². The molecular formula is C42H50Cl2N2O4Ti. The summed E-state index contributed by atoms with van der Waals surface area (Å²) in [6, 6.07) is 26.6. The van der Waals surface area contributed by atoms with Crippen LogP contribution < -0.4 is 9.47 Å². The van der Waals surface area contributed by atoms with Crippen LogP contribution >= 0.6 is 18.6 Å². The number of phenols is 2. The van der Waals surface area contributed by atoms with Crippen LogP contribution in [-0.2, 0) is 27.9 Å². The molecule has 0 saturated heterocycles. The minimum absolute atomic E-state index is 0.113. The molecule has 0 saturated carbocycles. The summed E-state index contributed by atoms with van der Waals surface area (Å²) in [6.07, 6.45) is 8.69. The molecule has 0 aliphatic heterocycles. The van der Waals surface area contributed by atoms with Crippen molar-refractivity contribution in [3.8, 4) is 23.0 Å². The molecule has 4 aromatic carbocycles. The van der Waals surface area contributed by atoms with Crippen LogP contribution in [0.1, 0.15) is 76.6 Å². The van der Waals surface area contributed by atoms with Crippen molar-refractivity contribution in [1.82, 2.24) is 0 Å². The summed E-state index contributed by atoms with van der Waals surface area (Å²) in [6.45, 7) is 21.0. The molecule has 0 spiro atoms. The van der Waals surface area contributed by atoms with E-state index in [9.17, 15) is 10.2 Å². The first kappa shape index (κ1) is 43.4. The van der Waals surface area contributed by atoms with Gasteiger partial charge in [0.2, 0.25) is 0 Å². The Balaban J connectivity index is 0.000000328. The monoisotopic (exact) mass is 764 g/mol. The van der Waals surface area contributed by atoms with E-state index < -0.39 is 17.0 Å². The fourth-order valence-electron chi connectivity index (χ4n) is 4.61. The number of phenolic OH excluding ortho intramolecular Hbond substituents is 2. The van der Waals surface area contributed by atoms with Gasteiger partial charge in [-0.15, -0.1) is 13.2 Å². The maximum atomic E-state index is 10.4. The molecule has 0 heterocycles. The minimum atomic E-state index is -0.556. The maximum absolute atomic E-state index is 10.4. The predicted molar refractivity (Wildman–Crippen MR) is 213 cm³/mol. The second-order valence-electron chi connectivity index (χ2n) is 13.4. The summed E-state index contributed by atoms with van der Waals surface area (Å²) in [5.74, 6) is 2.21. The first-order valence-corrected chi connectivity index (χ1v) is 20.9. The van der Waals surface area contributed by atoms with Crippen LogP contribution in [0.25, 0.3) is 0 Å². The van der Waals surface area contributed by atoms with Crippen molar-refractivity contribution >= 4 is 42.4 Å². The molecule has 4 aromatic rings. The summed E-state index contributed by atoms with van der Waals surface area (Å²) < 4.78 is 11.1. The third-order valence-corrected chi connectivity index (χ3v) is 7.31. The van der Waals surface area contributed by atoms with E-state index in [1.54, 1.807) is 12.4 Å². The Morgan fingerprint density at radius 2 is 0.941 bits per heavy atom. The third-order valence-electron chi connectivity index (χ3n) is 7.31. The summed E-state index contributed by atoms with van der Waals surface area (Å²) in [7, 11) is 9.78. The van der Waals surface area contributed by atoms with Crippen LogP contribution in [0.3, 0.4) is 0 Å². The van der Waals surface area contributed by atoms with Gasteiger partial charge in [0.15, 0.2) is 0 Å². The quantitative estimate of drug-likeness (QED) is 0.0651. The topological polar surface area (TPSA) is 83.6 Å². The Bertz CT molecular complexity index is 1580. The molecule has 0 aliphatic carbocycles. The zero-order chi connectivity index (χ0) is 37.9. The summed E-state index contributed by atoms with van der Waals surface area (Å²) in [4.78, 5) is 8.88. The van der Waals surface area contributed by atoms with Gasteiger partial charge in [0.1, 0.15) is 23.0 Å². The Kier molecular flexibility index (Phi) is 18.9. The number of ether oxygens (including phenoxy) is 2. The summed E-state index contributed by atoms with van der Waals surface area (Å²) in [5.41, 5.74) is 4.66. The number of halogens is 2. The molecule has 0 bridgehead atoms. The van der Waals surface area contributed by atoms with Crippen LogP contribution in [0.5, 0.6) is 23.0 Å². The van der Waals surface area contributed by atoms with Gasteiger partial charge in [0.25, 0.3) is 0 Å². The van der Waals surface area contributed by atoms with E-state index in [1.807, 2.05) is 97.1 Å². The van der Waals surface area contributed by atoms with Gasteiger partial charge < -0.3 is 19.7 Å². The van der Waals surface area contributed by atoms with Gasteiger partial charge in [-0.05, 0) is 95.5 Å². The number of hydrogen-bond donors (Lipinski definition) is 2. The molecule has 270 valence electrons. The standard InChI is InChI=1S/2C21H25NO2.2ClH.Ti/c2*1-5-6-14-24-18-12-10-17(11-13-18)22-15-16-8-7-9-19(20(16)23)21(2,3)4;;;/h2*5,7-13,15,23H,1,6,14H2,2-4H3;2*1H;/q;;;;+2/p-2. The van der Waals surface area contributed by atoms with E-state index in [1.165, 1.54) is 0 Å². The number of benzene rings is 4. The molecule has 2 N–H and O–H groups in total. The van der Waals surface area contributed by atoms with Crippen molar-refractivity contribution in [2.45, 2.75) is 65.2 Å². The van der Waals surface area contributed by atoms with Gasteiger partial charge >= 0.3 is 35.6 Å². The second kappa shape index (κ2) is 22.2. The molecule has 51 heavy (non-hydrogen) atoms. The Hall–Kier alpha value is -3.81. The Labute approximate surface area is 321 Å². The van der Waals surface area contributed by atoms with Crippen molar-refractivity contribution in [3.63, 3.8) is 0 Å². The van der Waals surface area contributed by atoms with Gasteiger partial charge in [0.05, 0.1) is 24.6 Å². The predicted octanol–water partition coefficient (Wildman–Crippen LogP) is 12.2. The molecule has 0 aromatic heterocycles. The van der Waals surface area contributed by atoms with Crippen LogP contribution in [-0.4, -0.2) is 35.9 Å². The average molecular weight is 766 g/mol. The number of hydrogen-bond acceptors (Lipinski definition) is 6. The van der Waals surface area contributed by atoms with Crippen LogP contribution in [0.4, 0.5) is 11.4 Å². The number of aromatic hydroxyl groups is 2. The van der Waals surface area contributed by atoms with E-state index in [-0.39, 0.29) is 22.3 Å². The van der Waals surface area contributed by atoms with Gasteiger partial charge in [-0.25, -0.2) is 0 Å². The van der Waals surface area contributed by atoms with Crippen LogP contribution in [0.2, 0.25) is 0 Å². The third kappa shape index (κ3) is 15.5. The molecule has 6 nitrogen and oxygen atoms in total. The molecule has 0 radical (unpaired) electrons. The van der Waals surface area contributed by atoms with E-state index in [0.29, 0.717) is 24.3 Å². The van der Waals surface area contributed by atoms with Crippen molar-refractivity contribution < 1.29 is 36.7 Å². The zero-order valence-corrected chi connectivity index (χ0v) is 33.6.